The molecule has 0 amide bonds. The standard InChI is InChI=1S/C24H22O5/c1-14-17-11-18-19(25)13-24(9-3-4-10-24)29-21(18)12-20(17)28-23(14)22(26)15-5-7-16(27-2)8-6-15/h5-8,11-12H,3-4,9-10,13H2,1-2H3. The maximum atomic E-state index is 13.0. The van der Waals surface area contributed by atoms with Gasteiger partial charge in [-0.15, -0.1) is 0 Å². The zero-order valence-corrected chi connectivity index (χ0v) is 16.5. The van der Waals surface area contributed by atoms with Gasteiger partial charge >= 0.3 is 0 Å². The Labute approximate surface area is 168 Å². The second-order valence-electron chi connectivity index (χ2n) is 8.05. The average Bonchev–Trinajstić information content (AvgIpc) is 3.30. The van der Waals surface area contributed by atoms with Crippen LogP contribution in [0.4, 0.5) is 0 Å². The Morgan fingerprint density at radius 2 is 1.83 bits per heavy atom. The molecule has 0 bridgehead atoms. The number of Topliss-reactive ketones (excluding diaryl/α,β-unsaturated/α-hetero) is 1. The summed E-state index contributed by atoms with van der Waals surface area (Å²) < 4.78 is 17.4. The lowest BCUT2D eigenvalue weighted by molar-refractivity contribution is 0.0451. The van der Waals surface area contributed by atoms with Gasteiger partial charge in [0.15, 0.2) is 11.5 Å². The van der Waals surface area contributed by atoms with Gasteiger partial charge < -0.3 is 13.9 Å². The van der Waals surface area contributed by atoms with Crippen LogP contribution in [0.15, 0.2) is 40.8 Å². The molecule has 0 radical (unpaired) electrons. The quantitative estimate of drug-likeness (QED) is 0.571. The molecule has 1 aliphatic heterocycles. The summed E-state index contributed by atoms with van der Waals surface area (Å²) in [4.78, 5) is 25.8. The van der Waals surface area contributed by atoms with Crippen LogP contribution in [0, 0.1) is 6.92 Å². The van der Waals surface area contributed by atoms with Crippen molar-refractivity contribution in [2.24, 2.45) is 0 Å². The number of methoxy groups -OCH3 is 1. The summed E-state index contributed by atoms with van der Waals surface area (Å²) in [7, 11) is 1.58. The Balaban J connectivity index is 1.56. The third-order valence-electron chi connectivity index (χ3n) is 6.22. The highest BCUT2D eigenvalue weighted by atomic mass is 16.5. The minimum absolute atomic E-state index is 0.110. The van der Waals surface area contributed by atoms with Crippen LogP contribution < -0.4 is 9.47 Å². The lowest BCUT2D eigenvalue weighted by Crippen LogP contribution is -2.39. The number of furan rings is 1. The van der Waals surface area contributed by atoms with Crippen molar-refractivity contribution in [2.75, 3.05) is 7.11 Å². The fourth-order valence-electron chi connectivity index (χ4n) is 4.60. The zero-order valence-electron chi connectivity index (χ0n) is 16.5. The maximum absolute atomic E-state index is 13.0. The number of rotatable bonds is 3. The fourth-order valence-corrected chi connectivity index (χ4v) is 4.60. The molecule has 0 saturated heterocycles. The molecule has 1 saturated carbocycles. The summed E-state index contributed by atoms with van der Waals surface area (Å²) in [5, 5.41) is 0.778. The molecular formula is C24H22O5. The second-order valence-corrected chi connectivity index (χ2v) is 8.05. The van der Waals surface area contributed by atoms with Crippen molar-refractivity contribution in [1.29, 1.82) is 0 Å². The molecule has 0 N–H and O–H groups in total. The predicted molar refractivity (Wildman–Crippen MR) is 108 cm³/mol. The van der Waals surface area contributed by atoms with Gasteiger partial charge in [-0.05, 0) is 62.9 Å². The Bertz CT molecular complexity index is 1130. The van der Waals surface area contributed by atoms with Gasteiger partial charge in [-0.1, -0.05) is 0 Å². The van der Waals surface area contributed by atoms with E-state index in [2.05, 4.69) is 0 Å². The number of hydrogen-bond acceptors (Lipinski definition) is 5. The number of hydrogen-bond donors (Lipinski definition) is 0. The molecule has 2 aromatic carbocycles. The lowest BCUT2D eigenvalue weighted by Gasteiger charge is -2.34. The van der Waals surface area contributed by atoms with Gasteiger partial charge in [0, 0.05) is 22.6 Å². The van der Waals surface area contributed by atoms with Crippen molar-refractivity contribution in [3.8, 4) is 11.5 Å². The van der Waals surface area contributed by atoms with E-state index in [1.165, 1.54) is 0 Å². The van der Waals surface area contributed by atoms with E-state index in [9.17, 15) is 9.59 Å². The van der Waals surface area contributed by atoms with Crippen LogP contribution in [0.2, 0.25) is 0 Å². The zero-order chi connectivity index (χ0) is 20.2. The van der Waals surface area contributed by atoms with Crippen LogP contribution in [-0.2, 0) is 0 Å². The highest BCUT2D eigenvalue weighted by Crippen LogP contribution is 2.45. The molecule has 1 aromatic heterocycles. The van der Waals surface area contributed by atoms with E-state index >= 15 is 0 Å². The van der Waals surface area contributed by atoms with Crippen LogP contribution >= 0.6 is 0 Å². The van der Waals surface area contributed by atoms with E-state index in [-0.39, 0.29) is 22.9 Å². The maximum Gasteiger partial charge on any atom is 0.228 e. The number of aryl methyl sites for hydroxylation is 1. The number of benzene rings is 2. The van der Waals surface area contributed by atoms with E-state index in [0.717, 1.165) is 36.6 Å². The number of fused-ring (bicyclic) bond motifs is 2. The number of ketones is 2. The summed E-state index contributed by atoms with van der Waals surface area (Å²) in [5.41, 5.74) is 2.05. The number of carbonyl (C=O) groups is 2. The first kappa shape index (κ1) is 18.0. The van der Waals surface area contributed by atoms with Crippen LogP contribution in [0.3, 0.4) is 0 Å². The summed E-state index contributed by atoms with van der Waals surface area (Å²) in [6, 6.07) is 10.5. The van der Waals surface area contributed by atoms with Crippen molar-refractivity contribution in [1.82, 2.24) is 0 Å². The van der Waals surface area contributed by atoms with Gasteiger partial charge in [0.25, 0.3) is 0 Å². The molecule has 5 nitrogen and oxygen atoms in total. The third kappa shape index (κ3) is 2.84. The van der Waals surface area contributed by atoms with Gasteiger partial charge in [-0.25, -0.2) is 0 Å². The van der Waals surface area contributed by atoms with Crippen LogP contribution in [-0.4, -0.2) is 24.3 Å². The van der Waals surface area contributed by atoms with E-state index < -0.39 is 0 Å². The molecular weight excluding hydrogens is 368 g/mol. The van der Waals surface area contributed by atoms with E-state index in [0.29, 0.717) is 34.6 Å². The summed E-state index contributed by atoms with van der Waals surface area (Å²) >= 11 is 0. The van der Waals surface area contributed by atoms with Crippen molar-refractivity contribution < 1.29 is 23.5 Å². The molecule has 29 heavy (non-hydrogen) atoms. The average molecular weight is 390 g/mol. The topological polar surface area (TPSA) is 65.7 Å². The number of ether oxygens (including phenoxy) is 2. The monoisotopic (exact) mass is 390 g/mol. The summed E-state index contributed by atoms with van der Waals surface area (Å²) in [6.45, 7) is 1.85. The molecule has 2 heterocycles. The minimum atomic E-state index is -0.360. The molecule has 5 rings (SSSR count). The molecule has 1 fully saturated rings. The van der Waals surface area contributed by atoms with Gasteiger partial charge in [-0.2, -0.15) is 0 Å². The Kier molecular flexibility index (Phi) is 4.02. The Morgan fingerprint density at radius 1 is 1.10 bits per heavy atom. The van der Waals surface area contributed by atoms with E-state index in [4.69, 9.17) is 13.9 Å². The third-order valence-corrected chi connectivity index (χ3v) is 6.22. The molecule has 1 spiro atoms. The van der Waals surface area contributed by atoms with Gasteiger partial charge in [0.2, 0.25) is 5.78 Å². The van der Waals surface area contributed by atoms with Gasteiger partial charge in [0.05, 0.1) is 19.1 Å². The SMILES string of the molecule is COc1ccc(C(=O)c2oc3cc4c(cc3c2C)C(=O)CC2(CCCC2)O4)cc1. The van der Waals surface area contributed by atoms with Gasteiger partial charge in [-0.3, -0.25) is 9.59 Å². The van der Waals surface area contributed by atoms with Crippen LogP contribution in [0.1, 0.15) is 64.1 Å². The van der Waals surface area contributed by atoms with E-state index in [1.54, 1.807) is 37.4 Å². The van der Waals surface area contributed by atoms with Crippen LogP contribution in [0.5, 0.6) is 11.5 Å². The first-order valence-corrected chi connectivity index (χ1v) is 9.98. The molecule has 1 aliphatic carbocycles. The number of carbonyl (C=O) groups excluding carboxylic acids is 2. The van der Waals surface area contributed by atoms with Gasteiger partial charge in [0.1, 0.15) is 22.7 Å². The highest BCUT2D eigenvalue weighted by molar-refractivity contribution is 6.11. The summed E-state index contributed by atoms with van der Waals surface area (Å²) in [5.74, 6) is 1.47. The molecule has 0 unspecified atom stereocenters. The predicted octanol–water partition coefficient (Wildman–Crippen LogP) is 5.26. The smallest absolute Gasteiger partial charge is 0.228 e. The van der Waals surface area contributed by atoms with Crippen molar-refractivity contribution in [3.05, 3.63) is 58.8 Å². The van der Waals surface area contributed by atoms with Crippen molar-refractivity contribution in [3.63, 3.8) is 0 Å². The second kappa shape index (κ2) is 6.48. The molecule has 3 aromatic rings. The van der Waals surface area contributed by atoms with Crippen molar-refractivity contribution in [2.45, 2.75) is 44.6 Å². The Hall–Kier alpha value is -3.08. The molecule has 148 valence electrons. The normalized spacial score (nSPS) is 17.4. The first-order valence-electron chi connectivity index (χ1n) is 9.98. The van der Waals surface area contributed by atoms with Crippen LogP contribution in [0.25, 0.3) is 11.0 Å². The summed E-state index contributed by atoms with van der Waals surface area (Å²) in [6.07, 6.45) is 4.43. The Morgan fingerprint density at radius 3 is 2.52 bits per heavy atom. The van der Waals surface area contributed by atoms with Crippen molar-refractivity contribution >= 4 is 22.5 Å². The largest absolute Gasteiger partial charge is 0.497 e. The molecule has 2 aliphatic rings. The first-order chi connectivity index (χ1) is 14.0. The molecule has 5 heteroatoms. The fraction of sp³-hybridized carbons (Fsp3) is 0.333. The highest BCUT2D eigenvalue weighted by Gasteiger charge is 2.43. The minimum Gasteiger partial charge on any atom is -0.497 e. The lowest BCUT2D eigenvalue weighted by atomic mass is 9.88. The van der Waals surface area contributed by atoms with E-state index in [1.807, 2.05) is 13.0 Å². The molecule has 0 atom stereocenters.